The molecule has 0 N–H and O–H groups in total. The Morgan fingerprint density at radius 1 is 1.32 bits per heavy atom. The average Bonchev–Trinajstić information content (AvgIpc) is 2.96. The Morgan fingerprint density at radius 2 is 2.20 bits per heavy atom. The van der Waals surface area contributed by atoms with Crippen molar-refractivity contribution < 1.29 is 0 Å². The van der Waals surface area contributed by atoms with Crippen LogP contribution in [0.5, 0.6) is 0 Å². The minimum atomic E-state index is 0.692. The smallest absolute Gasteiger partial charge is 0.0527 e. The summed E-state index contributed by atoms with van der Waals surface area (Å²) in [6.45, 7) is 6.96. The van der Waals surface area contributed by atoms with Crippen LogP contribution in [0.4, 0.5) is 0 Å². The third-order valence-corrected chi connectivity index (χ3v) is 6.84. The maximum absolute atomic E-state index is 2.81. The van der Waals surface area contributed by atoms with E-state index in [1.54, 1.807) is 16.5 Å². The van der Waals surface area contributed by atoms with Crippen molar-refractivity contribution in [3.63, 3.8) is 0 Å². The standard InChI is InChI=1S/C22H30N2S/c1-4-9-23-13-16(15-25-3)11-19-18-7-6-8-20-22(18)17(12-21(19)23)14-24(20)10-5-2/h5-8,10,14,16,19,21H,4,9,11-13,15H2,1-3H3/t16?,19-,21-/m0/s1. The van der Waals surface area contributed by atoms with Gasteiger partial charge in [0.15, 0.2) is 0 Å². The van der Waals surface area contributed by atoms with Crippen molar-refractivity contribution in [2.24, 2.45) is 5.92 Å². The number of piperidine rings is 1. The van der Waals surface area contributed by atoms with E-state index in [-0.39, 0.29) is 0 Å². The molecule has 1 aromatic carbocycles. The van der Waals surface area contributed by atoms with Crippen molar-refractivity contribution in [3.8, 4) is 0 Å². The molecule has 2 aromatic rings. The van der Waals surface area contributed by atoms with Crippen LogP contribution in [0.1, 0.15) is 43.7 Å². The van der Waals surface area contributed by atoms with Crippen molar-refractivity contribution in [1.82, 2.24) is 9.47 Å². The number of hydrogen-bond donors (Lipinski definition) is 0. The molecule has 0 bridgehead atoms. The summed E-state index contributed by atoms with van der Waals surface area (Å²) in [6, 6.07) is 7.66. The zero-order chi connectivity index (χ0) is 17.4. The highest BCUT2D eigenvalue weighted by Gasteiger charge is 2.40. The first-order chi connectivity index (χ1) is 12.3. The highest BCUT2D eigenvalue weighted by atomic mass is 32.2. The topological polar surface area (TPSA) is 8.17 Å². The van der Waals surface area contributed by atoms with Gasteiger partial charge >= 0.3 is 0 Å². The molecule has 4 rings (SSSR count). The summed E-state index contributed by atoms with van der Waals surface area (Å²) >= 11 is 2.02. The first-order valence-corrected chi connectivity index (χ1v) is 11.1. The first-order valence-electron chi connectivity index (χ1n) is 9.74. The lowest BCUT2D eigenvalue weighted by Crippen LogP contribution is -2.50. The van der Waals surface area contributed by atoms with E-state index in [9.17, 15) is 0 Å². The largest absolute Gasteiger partial charge is 0.323 e. The van der Waals surface area contributed by atoms with E-state index in [2.05, 4.69) is 66.2 Å². The van der Waals surface area contributed by atoms with E-state index in [1.807, 2.05) is 11.8 Å². The minimum absolute atomic E-state index is 0.692. The van der Waals surface area contributed by atoms with Crippen LogP contribution in [0.25, 0.3) is 17.1 Å². The Labute approximate surface area is 156 Å². The summed E-state index contributed by atoms with van der Waals surface area (Å²) in [4.78, 5) is 2.81. The van der Waals surface area contributed by atoms with Crippen LogP contribution < -0.4 is 0 Å². The molecular formula is C22H30N2S. The number of likely N-dealkylation sites (tertiary alicyclic amines) is 1. The molecule has 0 spiro atoms. The normalized spacial score (nSPS) is 26.4. The summed E-state index contributed by atoms with van der Waals surface area (Å²) < 4.78 is 2.33. The maximum atomic E-state index is 2.81. The molecule has 1 aliphatic carbocycles. The summed E-state index contributed by atoms with van der Waals surface area (Å²) in [5, 5.41) is 1.54. The molecule has 2 nitrogen and oxygen atoms in total. The predicted octanol–water partition coefficient (Wildman–Crippen LogP) is 5.24. The van der Waals surface area contributed by atoms with Gasteiger partial charge in [0.05, 0.1) is 5.52 Å². The van der Waals surface area contributed by atoms with Gasteiger partial charge < -0.3 is 4.57 Å². The van der Waals surface area contributed by atoms with Crippen LogP contribution in [-0.4, -0.2) is 40.6 Å². The fraction of sp³-hybridized carbons (Fsp3) is 0.545. The lowest BCUT2D eigenvalue weighted by molar-refractivity contribution is 0.0926. The fourth-order valence-electron chi connectivity index (χ4n) is 5.22. The molecular weight excluding hydrogens is 324 g/mol. The molecule has 1 unspecified atom stereocenters. The molecule has 1 fully saturated rings. The summed E-state index contributed by atoms with van der Waals surface area (Å²) in [5.74, 6) is 2.83. The van der Waals surface area contributed by atoms with Gasteiger partial charge in [-0.2, -0.15) is 11.8 Å². The second-order valence-corrected chi connectivity index (χ2v) is 8.63. The third-order valence-electron chi connectivity index (χ3n) is 6.03. The van der Waals surface area contributed by atoms with Gasteiger partial charge in [-0.3, -0.25) is 4.90 Å². The predicted molar refractivity (Wildman–Crippen MR) is 112 cm³/mol. The molecule has 2 aliphatic rings. The third kappa shape index (κ3) is 2.96. The van der Waals surface area contributed by atoms with Crippen molar-refractivity contribution in [3.05, 3.63) is 41.6 Å². The Kier molecular flexibility index (Phi) is 4.97. The summed E-state index contributed by atoms with van der Waals surface area (Å²) in [6.07, 6.45) is 12.8. The molecule has 2 heterocycles. The lowest BCUT2D eigenvalue weighted by Gasteiger charge is -2.47. The Hall–Kier alpha value is -1.19. The molecule has 1 saturated heterocycles. The molecule has 0 radical (unpaired) electrons. The SMILES string of the molecule is CC=Cn1cc2c3c(cccc31)[C@@H]1CC(CSC)CN(CCC)[C@H]1C2. The van der Waals surface area contributed by atoms with Gasteiger partial charge in [0.25, 0.3) is 0 Å². The monoisotopic (exact) mass is 354 g/mol. The van der Waals surface area contributed by atoms with Crippen LogP contribution in [0, 0.1) is 5.92 Å². The van der Waals surface area contributed by atoms with Crippen LogP contribution >= 0.6 is 11.8 Å². The van der Waals surface area contributed by atoms with E-state index >= 15 is 0 Å². The number of benzene rings is 1. The summed E-state index contributed by atoms with van der Waals surface area (Å²) in [7, 11) is 0. The quantitative estimate of drug-likeness (QED) is 0.726. The van der Waals surface area contributed by atoms with Gasteiger partial charge in [-0.25, -0.2) is 0 Å². The van der Waals surface area contributed by atoms with E-state index in [0.717, 1.165) is 5.92 Å². The molecule has 1 aromatic heterocycles. The molecule has 1 aliphatic heterocycles. The summed E-state index contributed by atoms with van der Waals surface area (Å²) in [5.41, 5.74) is 4.55. The van der Waals surface area contributed by atoms with E-state index in [0.29, 0.717) is 12.0 Å². The molecule has 134 valence electrons. The van der Waals surface area contributed by atoms with Gasteiger partial charge in [0.2, 0.25) is 0 Å². The van der Waals surface area contributed by atoms with Crippen molar-refractivity contribution >= 4 is 28.9 Å². The number of fused-ring (bicyclic) bond motifs is 2. The Balaban J connectivity index is 1.79. The Morgan fingerprint density at radius 3 is 2.96 bits per heavy atom. The van der Waals surface area contributed by atoms with E-state index in [4.69, 9.17) is 0 Å². The van der Waals surface area contributed by atoms with Crippen molar-refractivity contribution in [2.45, 2.75) is 45.1 Å². The van der Waals surface area contributed by atoms with Gasteiger partial charge in [-0.1, -0.05) is 25.1 Å². The molecule has 0 amide bonds. The first kappa shape index (κ1) is 17.2. The molecule has 25 heavy (non-hydrogen) atoms. The zero-order valence-electron chi connectivity index (χ0n) is 15.7. The van der Waals surface area contributed by atoms with Crippen LogP contribution in [0.2, 0.25) is 0 Å². The molecule has 3 heteroatoms. The molecule has 0 saturated carbocycles. The second-order valence-electron chi connectivity index (χ2n) is 7.72. The highest BCUT2D eigenvalue weighted by molar-refractivity contribution is 7.98. The minimum Gasteiger partial charge on any atom is -0.323 e. The van der Waals surface area contributed by atoms with Crippen LogP contribution in [-0.2, 0) is 6.42 Å². The number of nitrogens with zero attached hydrogens (tertiary/aromatic N) is 2. The number of aromatic nitrogens is 1. The number of thioether (sulfide) groups is 1. The Bertz CT molecular complexity index is 776. The zero-order valence-corrected chi connectivity index (χ0v) is 16.6. The van der Waals surface area contributed by atoms with Gasteiger partial charge in [-0.15, -0.1) is 0 Å². The van der Waals surface area contributed by atoms with Gasteiger partial charge in [0, 0.05) is 36.3 Å². The fourth-order valence-corrected chi connectivity index (χ4v) is 5.93. The number of rotatable bonds is 5. The van der Waals surface area contributed by atoms with Crippen LogP contribution in [0.3, 0.4) is 0 Å². The van der Waals surface area contributed by atoms with Crippen molar-refractivity contribution in [2.75, 3.05) is 25.1 Å². The number of hydrogen-bond acceptors (Lipinski definition) is 2. The second kappa shape index (κ2) is 7.20. The van der Waals surface area contributed by atoms with Gasteiger partial charge in [0.1, 0.15) is 0 Å². The maximum Gasteiger partial charge on any atom is 0.0527 e. The number of allylic oxidation sites excluding steroid dienone is 1. The van der Waals surface area contributed by atoms with Crippen molar-refractivity contribution in [1.29, 1.82) is 0 Å². The average molecular weight is 355 g/mol. The lowest BCUT2D eigenvalue weighted by atomic mass is 9.72. The van der Waals surface area contributed by atoms with E-state index < -0.39 is 0 Å². The highest BCUT2D eigenvalue weighted by Crippen LogP contribution is 2.45. The van der Waals surface area contributed by atoms with E-state index in [1.165, 1.54) is 43.6 Å². The van der Waals surface area contributed by atoms with Gasteiger partial charge in [-0.05, 0) is 67.9 Å². The van der Waals surface area contributed by atoms with Crippen LogP contribution in [0.15, 0.2) is 30.5 Å². The molecule has 3 atom stereocenters.